The van der Waals surface area contributed by atoms with Crippen LogP contribution in [0.25, 0.3) is 11.0 Å². The lowest BCUT2D eigenvalue weighted by atomic mass is 9.86. The van der Waals surface area contributed by atoms with E-state index in [0.29, 0.717) is 40.5 Å². The van der Waals surface area contributed by atoms with Gasteiger partial charge < -0.3 is 13.9 Å². The van der Waals surface area contributed by atoms with E-state index >= 15 is 0 Å². The van der Waals surface area contributed by atoms with Crippen molar-refractivity contribution in [2.45, 2.75) is 45.6 Å². The first-order valence-corrected chi connectivity index (χ1v) is 10.2. The van der Waals surface area contributed by atoms with Gasteiger partial charge in [0.2, 0.25) is 0 Å². The molecule has 2 bridgehead atoms. The van der Waals surface area contributed by atoms with Crippen LogP contribution in [0.1, 0.15) is 44.6 Å². The Hall–Kier alpha value is -2.83. The maximum Gasteiger partial charge on any atom is 0.411 e. The molecule has 1 aromatic carbocycles. The highest BCUT2D eigenvalue weighted by molar-refractivity contribution is 5.90. The number of ether oxygens (including phenoxy) is 2. The summed E-state index contributed by atoms with van der Waals surface area (Å²) in [5, 5.41) is 3.23. The third kappa shape index (κ3) is 4.44. The average molecular weight is 399 g/mol. The summed E-state index contributed by atoms with van der Waals surface area (Å²) in [6, 6.07) is 6.29. The summed E-state index contributed by atoms with van der Waals surface area (Å²) in [7, 11) is 0. The number of hydrogen-bond acceptors (Lipinski definition) is 6. The number of fused-ring (bicyclic) bond motifs is 3. The van der Waals surface area contributed by atoms with E-state index in [-0.39, 0.29) is 19.2 Å². The minimum Gasteiger partial charge on any atom is -0.461 e. The molecule has 2 fully saturated rings. The van der Waals surface area contributed by atoms with Crippen LogP contribution in [-0.4, -0.2) is 18.7 Å². The molecule has 3 unspecified atom stereocenters. The number of benzene rings is 1. The predicted octanol–water partition coefficient (Wildman–Crippen LogP) is 4.23. The van der Waals surface area contributed by atoms with Crippen molar-refractivity contribution >= 4 is 28.7 Å². The van der Waals surface area contributed by atoms with Gasteiger partial charge >= 0.3 is 17.7 Å². The molecule has 7 heteroatoms. The van der Waals surface area contributed by atoms with Crippen LogP contribution in [-0.2, 0) is 20.9 Å². The second-order valence-corrected chi connectivity index (χ2v) is 7.95. The lowest BCUT2D eigenvalue weighted by molar-refractivity contribution is -0.146. The van der Waals surface area contributed by atoms with Crippen molar-refractivity contribution in [3.05, 3.63) is 40.2 Å². The summed E-state index contributed by atoms with van der Waals surface area (Å²) >= 11 is 0. The van der Waals surface area contributed by atoms with Gasteiger partial charge in [-0.2, -0.15) is 0 Å². The number of hydrogen-bond donors (Lipinski definition) is 1. The zero-order valence-electron chi connectivity index (χ0n) is 16.4. The number of esters is 1. The number of nitrogens with one attached hydrogen (secondary N) is 1. The summed E-state index contributed by atoms with van der Waals surface area (Å²) < 4.78 is 15.6. The summed E-state index contributed by atoms with van der Waals surface area (Å²) in [5.74, 6) is 1.68. The standard InChI is InChI=1S/C22H25NO6/c1-2-27-22(26)23-17-5-6-18-16(10-21(25)29-19(18)11-17)12-28-20(24)9-15-8-13-3-4-14(15)7-13/h5-6,10-11,13-15H,2-4,7-9,12H2,1H3,(H,23,26). The normalized spacial score (nSPS) is 22.6. The van der Waals surface area contributed by atoms with Gasteiger partial charge in [-0.25, -0.2) is 9.59 Å². The van der Waals surface area contributed by atoms with Gasteiger partial charge in [-0.05, 0) is 56.1 Å². The SMILES string of the molecule is CCOC(=O)Nc1ccc2c(COC(=O)CC3CC4CCC3C4)cc(=O)oc2c1. The maximum atomic E-state index is 12.3. The van der Waals surface area contributed by atoms with Gasteiger partial charge in [-0.15, -0.1) is 0 Å². The quantitative estimate of drug-likeness (QED) is 0.577. The van der Waals surface area contributed by atoms with Crippen LogP contribution in [0.3, 0.4) is 0 Å². The van der Waals surface area contributed by atoms with Gasteiger partial charge in [0.05, 0.1) is 6.61 Å². The Morgan fingerprint density at radius 1 is 1.17 bits per heavy atom. The van der Waals surface area contributed by atoms with Gasteiger partial charge in [0.1, 0.15) is 12.2 Å². The molecule has 0 saturated heterocycles. The van der Waals surface area contributed by atoms with Crippen molar-refractivity contribution in [1.29, 1.82) is 0 Å². The first kappa shape index (κ1) is 19.5. The first-order chi connectivity index (χ1) is 14.0. The molecule has 1 amide bonds. The molecule has 1 aromatic heterocycles. The smallest absolute Gasteiger partial charge is 0.411 e. The molecule has 2 aliphatic carbocycles. The molecule has 3 atom stereocenters. The van der Waals surface area contributed by atoms with Crippen LogP contribution >= 0.6 is 0 Å². The van der Waals surface area contributed by atoms with Gasteiger partial charge in [0.25, 0.3) is 0 Å². The fraction of sp³-hybridized carbons (Fsp3) is 0.500. The molecule has 2 aromatic rings. The van der Waals surface area contributed by atoms with Crippen LogP contribution in [0, 0.1) is 17.8 Å². The van der Waals surface area contributed by atoms with E-state index in [1.54, 1.807) is 25.1 Å². The van der Waals surface area contributed by atoms with E-state index in [1.165, 1.54) is 25.3 Å². The second kappa shape index (κ2) is 8.27. The van der Waals surface area contributed by atoms with Crippen LogP contribution in [0.2, 0.25) is 0 Å². The zero-order chi connectivity index (χ0) is 20.4. The van der Waals surface area contributed by atoms with E-state index < -0.39 is 11.7 Å². The molecule has 0 radical (unpaired) electrons. The molecule has 1 N–H and O–H groups in total. The minimum absolute atomic E-state index is 0.0202. The van der Waals surface area contributed by atoms with Gasteiger partial charge in [0, 0.05) is 35.2 Å². The van der Waals surface area contributed by atoms with E-state index in [9.17, 15) is 14.4 Å². The number of amides is 1. The van der Waals surface area contributed by atoms with E-state index in [0.717, 1.165) is 12.3 Å². The Kier molecular flexibility index (Phi) is 5.56. The third-order valence-electron chi connectivity index (χ3n) is 6.05. The molecular weight excluding hydrogens is 374 g/mol. The lowest BCUT2D eigenvalue weighted by Gasteiger charge is -2.20. The predicted molar refractivity (Wildman–Crippen MR) is 106 cm³/mol. The average Bonchev–Trinajstić information content (AvgIpc) is 3.29. The Bertz CT molecular complexity index is 981. The molecule has 2 aliphatic rings. The van der Waals surface area contributed by atoms with E-state index in [4.69, 9.17) is 13.9 Å². The zero-order valence-corrected chi connectivity index (χ0v) is 16.4. The molecule has 4 rings (SSSR count). The highest BCUT2D eigenvalue weighted by atomic mass is 16.5. The van der Waals surface area contributed by atoms with Crippen molar-refractivity contribution in [3.8, 4) is 0 Å². The molecule has 1 heterocycles. The van der Waals surface area contributed by atoms with Crippen molar-refractivity contribution in [3.63, 3.8) is 0 Å². The number of rotatable bonds is 6. The Balaban J connectivity index is 1.43. The molecule has 0 spiro atoms. The summed E-state index contributed by atoms with van der Waals surface area (Å²) in [5.41, 5.74) is 0.806. The van der Waals surface area contributed by atoms with Gasteiger partial charge in [-0.1, -0.05) is 6.42 Å². The highest BCUT2D eigenvalue weighted by Crippen LogP contribution is 2.49. The Morgan fingerprint density at radius 3 is 2.76 bits per heavy atom. The molecule has 154 valence electrons. The first-order valence-electron chi connectivity index (χ1n) is 10.2. The lowest BCUT2D eigenvalue weighted by Crippen LogP contribution is -2.17. The maximum absolute atomic E-state index is 12.3. The molecular formula is C22H25NO6. The fourth-order valence-corrected chi connectivity index (χ4v) is 4.77. The molecule has 7 nitrogen and oxygen atoms in total. The van der Waals surface area contributed by atoms with E-state index in [2.05, 4.69) is 5.32 Å². The summed E-state index contributed by atoms with van der Waals surface area (Å²) in [6.07, 6.45) is 4.79. The van der Waals surface area contributed by atoms with Crippen molar-refractivity contribution < 1.29 is 23.5 Å². The minimum atomic E-state index is -0.583. The summed E-state index contributed by atoms with van der Waals surface area (Å²) in [4.78, 5) is 35.8. The molecule has 2 saturated carbocycles. The number of carbonyl (C=O) groups excluding carboxylic acids is 2. The Labute approximate surface area is 168 Å². The van der Waals surface area contributed by atoms with Gasteiger partial charge in [0.15, 0.2) is 0 Å². The fourth-order valence-electron chi connectivity index (χ4n) is 4.77. The number of carbonyl (C=O) groups is 2. The molecule has 0 aliphatic heterocycles. The summed E-state index contributed by atoms with van der Waals surface area (Å²) in [6.45, 7) is 1.99. The largest absolute Gasteiger partial charge is 0.461 e. The van der Waals surface area contributed by atoms with Crippen LogP contribution in [0.15, 0.2) is 33.5 Å². The second-order valence-electron chi connectivity index (χ2n) is 7.95. The van der Waals surface area contributed by atoms with E-state index in [1.807, 2.05) is 0 Å². The topological polar surface area (TPSA) is 94.8 Å². The molecule has 29 heavy (non-hydrogen) atoms. The van der Waals surface area contributed by atoms with Gasteiger partial charge in [-0.3, -0.25) is 10.1 Å². The monoisotopic (exact) mass is 399 g/mol. The Morgan fingerprint density at radius 2 is 2.03 bits per heavy atom. The van der Waals surface area contributed by atoms with Crippen LogP contribution in [0.5, 0.6) is 0 Å². The van der Waals surface area contributed by atoms with Crippen molar-refractivity contribution in [2.75, 3.05) is 11.9 Å². The number of anilines is 1. The van der Waals surface area contributed by atoms with Crippen molar-refractivity contribution in [2.24, 2.45) is 17.8 Å². The third-order valence-corrected chi connectivity index (χ3v) is 6.05. The van der Waals surface area contributed by atoms with Crippen LogP contribution < -0.4 is 10.9 Å². The van der Waals surface area contributed by atoms with Crippen molar-refractivity contribution in [1.82, 2.24) is 0 Å². The highest BCUT2D eigenvalue weighted by Gasteiger charge is 2.40. The van der Waals surface area contributed by atoms with Crippen LogP contribution in [0.4, 0.5) is 10.5 Å².